The average molecular weight is 493 g/mol. The molecular weight excluding hydrogens is 464 g/mol. The number of hydrazone groups is 1. The summed E-state index contributed by atoms with van der Waals surface area (Å²) in [7, 11) is 0. The van der Waals surface area contributed by atoms with E-state index in [1.165, 1.54) is 6.07 Å². The summed E-state index contributed by atoms with van der Waals surface area (Å²) < 4.78 is 0. The quantitative estimate of drug-likeness (QED) is 0.287. The molecule has 0 atom stereocenters. The van der Waals surface area contributed by atoms with Crippen LogP contribution in [0.4, 0.5) is 5.69 Å². The van der Waals surface area contributed by atoms with Gasteiger partial charge >= 0.3 is 0 Å². The first-order valence-electron chi connectivity index (χ1n) is 11.3. The van der Waals surface area contributed by atoms with Crippen molar-refractivity contribution in [3.8, 4) is 0 Å². The summed E-state index contributed by atoms with van der Waals surface area (Å²) in [6, 6.07) is 19.6. The highest BCUT2D eigenvalue weighted by Gasteiger charge is 2.16. The van der Waals surface area contributed by atoms with Crippen LogP contribution in [0.5, 0.6) is 0 Å². The molecule has 0 spiro atoms. The Hall–Kier alpha value is -3.52. The molecule has 0 unspecified atom stereocenters. The minimum atomic E-state index is -0.498. The fourth-order valence-electron chi connectivity index (χ4n) is 3.45. The Bertz CT molecular complexity index is 1200. The third-order valence-corrected chi connectivity index (χ3v) is 5.63. The van der Waals surface area contributed by atoms with Gasteiger partial charge in [0.05, 0.1) is 24.1 Å². The number of likely N-dealkylation sites (N-methyl/N-ethyl adjacent to an activating group) is 1. The zero-order valence-corrected chi connectivity index (χ0v) is 20.5. The van der Waals surface area contributed by atoms with Crippen LogP contribution in [-0.2, 0) is 6.54 Å². The standard InChI is InChI=1S/C27H29ClN4O3/c1-3-32(13-14-33)18-21-5-4-6-22(15-21)26(34)30-25-12-11-23(28)16-24(25)27(35)31-29-17-20-9-7-19(2)8-10-20/h4-12,15-17,33H,3,13-14,18H2,1-2H3,(H,30,34)(H,31,35)/b29-17+. The predicted molar refractivity (Wildman–Crippen MR) is 140 cm³/mol. The molecule has 0 fully saturated rings. The summed E-state index contributed by atoms with van der Waals surface area (Å²) in [5, 5.41) is 16.4. The Kier molecular flexibility index (Phi) is 9.55. The van der Waals surface area contributed by atoms with Gasteiger partial charge in [0.2, 0.25) is 0 Å². The van der Waals surface area contributed by atoms with Gasteiger partial charge in [0.15, 0.2) is 0 Å². The molecule has 0 aromatic heterocycles. The van der Waals surface area contributed by atoms with Gasteiger partial charge < -0.3 is 10.4 Å². The molecule has 8 heteroatoms. The number of benzene rings is 3. The van der Waals surface area contributed by atoms with E-state index in [2.05, 4.69) is 20.7 Å². The van der Waals surface area contributed by atoms with Gasteiger partial charge in [0.1, 0.15) is 0 Å². The number of amides is 2. The molecule has 7 nitrogen and oxygen atoms in total. The molecule has 0 aliphatic carbocycles. The summed E-state index contributed by atoms with van der Waals surface area (Å²) in [6.07, 6.45) is 1.54. The second-order valence-corrected chi connectivity index (χ2v) is 8.48. The number of aliphatic hydroxyl groups is 1. The Labute approximate surface area is 210 Å². The van der Waals surface area contributed by atoms with Gasteiger partial charge in [-0.1, -0.05) is 60.5 Å². The molecule has 0 saturated heterocycles. The summed E-state index contributed by atoms with van der Waals surface area (Å²) in [5.74, 6) is -0.848. The van der Waals surface area contributed by atoms with E-state index in [4.69, 9.17) is 11.6 Å². The first-order valence-corrected chi connectivity index (χ1v) is 11.7. The number of hydrogen-bond acceptors (Lipinski definition) is 5. The molecule has 0 heterocycles. The van der Waals surface area contributed by atoms with Crippen molar-refractivity contribution in [3.05, 3.63) is 99.6 Å². The lowest BCUT2D eigenvalue weighted by Crippen LogP contribution is -2.26. The van der Waals surface area contributed by atoms with Gasteiger partial charge in [-0.05, 0) is 54.9 Å². The number of nitrogens with zero attached hydrogens (tertiary/aromatic N) is 2. The Morgan fingerprint density at radius 3 is 2.54 bits per heavy atom. The maximum Gasteiger partial charge on any atom is 0.273 e. The van der Waals surface area contributed by atoms with E-state index >= 15 is 0 Å². The summed E-state index contributed by atoms with van der Waals surface area (Å²) in [5.41, 5.74) is 6.39. The van der Waals surface area contributed by atoms with Crippen LogP contribution in [-0.4, -0.2) is 47.7 Å². The highest BCUT2D eigenvalue weighted by Crippen LogP contribution is 2.22. The number of carbonyl (C=O) groups excluding carboxylic acids is 2. The number of hydrogen-bond donors (Lipinski definition) is 3. The largest absolute Gasteiger partial charge is 0.395 e. The fraction of sp³-hybridized carbons (Fsp3) is 0.222. The van der Waals surface area contributed by atoms with Gasteiger partial charge in [-0.15, -0.1) is 0 Å². The van der Waals surface area contributed by atoms with Crippen molar-refractivity contribution in [2.24, 2.45) is 5.10 Å². The van der Waals surface area contributed by atoms with E-state index in [0.717, 1.165) is 23.2 Å². The van der Waals surface area contributed by atoms with E-state index in [9.17, 15) is 14.7 Å². The smallest absolute Gasteiger partial charge is 0.273 e. The molecule has 182 valence electrons. The van der Waals surface area contributed by atoms with Crippen LogP contribution in [0.1, 0.15) is 44.3 Å². The van der Waals surface area contributed by atoms with Crippen molar-refractivity contribution in [1.29, 1.82) is 0 Å². The summed E-state index contributed by atoms with van der Waals surface area (Å²) in [4.78, 5) is 27.8. The van der Waals surface area contributed by atoms with Crippen LogP contribution in [0.15, 0.2) is 71.8 Å². The third-order valence-electron chi connectivity index (χ3n) is 5.39. The maximum atomic E-state index is 13.0. The lowest BCUT2D eigenvalue weighted by atomic mass is 10.1. The summed E-state index contributed by atoms with van der Waals surface area (Å²) >= 11 is 6.11. The molecule has 2 amide bonds. The Balaban J connectivity index is 1.72. The average Bonchev–Trinajstić information content (AvgIpc) is 2.86. The summed E-state index contributed by atoms with van der Waals surface area (Å²) in [6.45, 7) is 6.04. The molecule has 3 N–H and O–H groups in total. The van der Waals surface area contributed by atoms with Crippen LogP contribution in [0.2, 0.25) is 5.02 Å². The minimum Gasteiger partial charge on any atom is -0.395 e. The van der Waals surface area contributed by atoms with Crippen molar-refractivity contribution < 1.29 is 14.7 Å². The fourth-order valence-corrected chi connectivity index (χ4v) is 3.62. The van der Waals surface area contributed by atoms with Gasteiger partial charge in [-0.3, -0.25) is 14.5 Å². The monoisotopic (exact) mass is 492 g/mol. The number of rotatable bonds is 10. The highest BCUT2D eigenvalue weighted by atomic mass is 35.5. The van der Waals surface area contributed by atoms with Gasteiger partial charge in [0, 0.05) is 23.7 Å². The van der Waals surface area contributed by atoms with Crippen LogP contribution in [0.25, 0.3) is 0 Å². The second-order valence-electron chi connectivity index (χ2n) is 8.05. The van der Waals surface area contributed by atoms with Crippen molar-refractivity contribution in [3.63, 3.8) is 0 Å². The van der Waals surface area contributed by atoms with E-state index in [0.29, 0.717) is 29.4 Å². The van der Waals surface area contributed by atoms with E-state index < -0.39 is 5.91 Å². The molecule has 3 aromatic carbocycles. The molecular formula is C27H29ClN4O3. The van der Waals surface area contributed by atoms with Gasteiger partial charge in [-0.2, -0.15) is 5.10 Å². The molecule has 35 heavy (non-hydrogen) atoms. The van der Waals surface area contributed by atoms with Crippen LogP contribution >= 0.6 is 11.6 Å². The molecule has 3 aromatic rings. The predicted octanol–water partition coefficient (Wildman–Crippen LogP) is 4.48. The molecule has 0 radical (unpaired) electrons. The van der Waals surface area contributed by atoms with Crippen molar-refractivity contribution in [2.75, 3.05) is 25.0 Å². The number of anilines is 1. The zero-order valence-electron chi connectivity index (χ0n) is 19.8. The lowest BCUT2D eigenvalue weighted by molar-refractivity contribution is 0.0956. The minimum absolute atomic E-state index is 0.0739. The molecule has 0 saturated carbocycles. The zero-order chi connectivity index (χ0) is 25.2. The van der Waals surface area contributed by atoms with E-state index in [1.807, 2.05) is 50.2 Å². The molecule has 0 aliphatic heterocycles. The highest BCUT2D eigenvalue weighted by molar-refractivity contribution is 6.31. The van der Waals surface area contributed by atoms with Crippen molar-refractivity contribution in [1.82, 2.24) is 10.3 Å². The first-order chi connectivity index (χ1) is 16.9. The van der Waals surface area contributed by atoms with Gasteiger partial charge in [0.25, 0.3) is 11.8 Å². The van der Waals surface area contributed by atoms with Crippen LogP contribution < -0.4 is 10.7 Å². The number of aryl methyl sites for hydroxylation is 1. The normalized spacial score (nSPS) is 11.1. The first kappa shape index (κ1) is 26.1. The van der Waals surface area contributed by atoms with Crippen LogP contribution in [0, 0.1) is 6.92 Å². The van der Waals surface area contributed by atoms with Gasteiger partial charge in [-0.25, -0.2) is 5.43 Å². The number of carbonyl (C=O) groups is 2. The number of nitrogens with one attached hydrogen (secondary N) is 2. The molecule has 3 rings (SSSR count). The lowest BCUT2D eigenvalue weighted by Gasteiger charge is -2.19. The van der Waals surface area contributed by atoms with Crippen molar-refractivity contribution >= 4 is 35.3 Å². The Morgan fingerprint density at radius 2 is 1.83 bits per heavy atom. The number of halogens is 1. The molecule has 0 aliphatic rings. The maximum absolute atomic E-state index is 13.0. The molecule has 0 bridgehead atoms. The van der Waals surface area contributed by atoms with E-state index in [-0.39, 0.29) is 18.1 Å². The topological polar surface area (TPSA) is 94.0 Å². The Morgan fingerprint density at radius 1 is 1.06 bits per heavy atom. The number of aliphatic hydroxyl groups excluding tert-OH is 1. The van der Waals surface area contributed by atoms with Crippen molar-refractivity contribution in [2.45, 2.75) is 20.4 Å². The van der Waals surface area contributed by atoms with Crippen LogP contribution in [0.3, 0.4) is 0 Å². The second kappa shape index (κ2) is 12.8. The van der Waals surface area contributed by atoms with E-state index in [1.54, 1.807) is 30.5 Å². The third kappa shape index (κ3) is 7.75. The SMILES string of the molecule is CCN(CCO)Cc1cccc(C(=O)Nc2ccc(Cl)cc2C(=O)N/N=C/c2ccc(C)cc2)c1.